The van der Waals surface area contributed by atoms with E-state index in [1.165, 1.54) is 57.9 Å². The molecule has 1 aliphatic heterocycles. The Morgan fingerprint density at radius 1 is 0.771 bits per heavy atom. The summed E-state index contributed by atoms with van der Waals surface area (Å²) in [5.41, 5.74) is 0. The van der Waals surface area contributed by atoms with Crippen LogP contribution in [0.3, 0.4) is 0 Å². The fraction of sp³-hybridized carbons (Fsp3) is 0.931. The van der Waals surface area contributed by atoms with Gasteiger partial charge in [-0.25, -0.2) is 0 Å². The Morgan fingerprint density at radius 2 is 1.34 bits per heavy atom. The van der Waals surface area contributed by atoms with Crippen molar-refractivity contribution in [2.24, 2.45) is 0 Å². The van der Waals surface area contributed by atoms with Crippen molar-refractivity contribution in [3.63, 3.8) is 0 Å². The van der Waals surface area contributed by atoms with Crippen LogP contribution in [0.25, 0.3) is 0 Å². The lowest BCUT2D eigenvalue weighted by Gasteiger charge is -2.28. The van der Waals surface area contributed by atoms with Crippen molar-refractivity contribution in [3.05, 3.63) is 0 Å². The molecule has 0 saturated carbocycles. The van der Waals surface area contributed by atoms with E-state index in [1.807, 2.05) is 0 Å². The maximum Gasteiger partial charge on any atom is 0.221 e. The molecule has 206 valence electrons. The van der Waals surface area contributed by atoms with Crippen molar-refractivity contribution in [3.8, 4) is 0 Å². The number of amides is 1. The molecule has 1 rings (SSSR count). The Hall–Kier alpha value is -0.980. The normalized spacial score (nSPS) is 21.5. The first kappa shape index (κ1) is 32.0. The maximum absolute atomic E-state index is 12.7. The van der Waals surface area contributed by atoms with Crippen LogP contribution in [-0.2, 0) is 9.59 Å². The summed E-state index contributed by atoms with van der Waals surface area (Å²) in [4.78, 5) is 31.6. The molecule has 0 spiro atoms. The van der Waals surface area contributed by atoms with Gasteiger partial charge in [0.15, 0.2) is 0 Å². The second-order valence-electron chi connectivity index (χ2n) is 11.0. The minimum atomic E-state index is 0.212. The molecule has 6 heteroatoms. The Morgan fingerprint density at radius 3 is 2.00 bits per heavy atom. The van der Waals surface area contributed by atoms with Crippen molar-refractivity contribution >= 4 is 11.7 Å². The lowest BCUT2D eigenvalue weighted by atomic mass is 10.0. The highest BCUT2D eigenvalue weighted by atomic mass is 16.1. The van der Waals surface area contributed by atoms with Crippen LogP contribution in [0.2, 0.25) is 0 Å². The molecule has 1 amide bonds. The first-order chi connectivity index (χ1) is 16.9. The molecule has 0 aliphatic carbocycles. The molecule has 0 unspecified atom stereocenters. The van der Waals surface area contributed by atoms with Gasteiger partial charge in [-0.05, 0) is 98.8 Å². The molecule has 0 aromatic rings. The molecule has 1 atom stereocenters. The van der Waals surface area contributed by atoms with Gasteiger partial charge in [-0.15, -0.1) is 0 Å². The molecule has 0 aromatic heterocycles. The van der Waals surface area contributed by atoms with Gasteiger partial charge in [-0.3, -0.25) is 9.59 Å². The third-order valence-corrected chi connectivity index (χ3v) is 7.49. The summed E-state index contributed by atoms with van der Waals surface area (Å²) < 4.78 is 0. The summed E-state index contributed by atoms with van der Waals surface area (Å²) in [7, 11) is 6.64. The van der Waals surface area contributed by atoms with Gasteiger partial charge < -0.3 is 20.0 Å². The zero-order chi connectivity index (χ0) is 25.7. The monoisotopic (exact) mass is 494 g/mol. The van der Waals surface area contributed by atoms with E-state index < -0.39 is 0 Å². The molecule has 0 aromatic carbocycles. The van der Waals surface area contributed by atoms with E-state index in [0.29, 0.717) is 18.2 Å². The van der Waals surface area contributed by atoms with Gasteiger partial charge in [0, 0.05) is 31.8 Å². The third kappa shape index (κ3) is 18.0. The smallest absolute Gasteiger partial charge is 0.221 e. The zero-order valence-electron chi connectivity index (χ0n) is 23.8. The van der Waals surface area contributed by atoms with Crippen molar-refractivity contribution in [1.29, 1.82) is 0 Å². The van der Waals surface area contributed by atoms with Crippen molar-refractivity contribution in [2.75, 3.05) is 60.4 Å². The Kier molecular flexibility index (Phi) is 19.4. The number of unbranched alkanes of at least 4 members (excludes halogenated alkanes) is 6. The first-order valence-corrected chi connectivity index (χ1v) is 14.8. The number of nitrogens with zero attached hydrogens (tertiary/aromatic N) is 3. The van der Waals surface area contributed by atoms with Crippen LogP contribution in [0.4, 0.5) is 0 Å². The van der Waals surface area contributed by atoms with Crippen LogP contribution in [-0.4, -0.2) is 92.8 Å². The summed E-state index contributed by atoms with van der Waals surface area (Å²) in [5, 5.41) is 3.18. The molecule has 1 fully saturated rings. The Bertz CT molecular complexity index is 543. The second kappa shape index (κ2) is 21.1. The Labute approximate surface area is 217 Å². The van der Waals surface area contributed by atoms with Gasteiger partial charge in [0.1, 0.15) is 5.78 Å². The highest BCUT2D eigenvalue weighted by Crippen LogP contribution is 2.16. The maximum atomic E-state index is 12.7. The van der Waals surface area contributed by atoms with E-state index in [1.54, 1.807) is 0 Å². The fourth-order valence-electron chi connectivity index (χ4n) is 5.09. The number of hydrogen-bond acceptors (Lipinski definition) is 5. The van der Waals surface area contributed by atoms with E-state index in [4.69, 9.17) is 0 Å². The quantitative estimate of drug-likeness (QED) is 0.382. The summed E-state index contributed by atoms with van der Waals surface area (Å²) in [6.07, 6.45) is 17.4. The summed E-state index contributed by atoms with van der Waals surface area (Å²) in [6.45, 7) is 8.42. The molecule has 0 bridgehead atoms. The number of hydrogen-bond donors (Lipinski definition) is 1. The topological polar surface area (TPSA) is 55.9 Å². The second-order valence-corrected chi connectivity index (χ2v) is 11.0. The van der Waals surface area contributed by atoms with Crippen LogP contribution in [0.5, 0.6) is 0 Å². The van der Waals surface area contributed by atoms with Crippen molar-refractivity contribution in [2.45, 2.75) is 116 Å². The van der Waals surface area contributed by atoms with Crippen LogP contribution in [0, 0.1) is 0 Å². The summed E-state index contributed by atoms with van der Waals surface area (Å²) in [6, 6.07) is 0.336. The van der Waals surface area contributed by atoms with Gasteiger partial charge in [0.05, 0.1) is 0 Å². The standard InChI is InChI=1S/C29H58N4O2/c1-5-17-28(34)19-12-10-8-6-7-9-11-18-27-26-29(35)30-20-15-23-31(2)21-13-14-22-32(3)24-16-25-33(27)4/h27H,5-26H2,1-4H3,(H,30,35)/t27-/m1/s1. The number of rotatable bonds is 12. The highest BCUT2D eigenvalue weighted by molar-refractivity contribution is 5.78. The summed E-state index contributed by atoms with van der Waals surface area (Å²) in [5.74, 6) is 0.646. The molecule has 1 saturated heterocycles. The number of Topliss-reactive ketones (excluding diaryl/α,β-unsaturated/α-hetero) is 1. The van der Waals surface area contributed by atoms with Crippen molar-refractivity contribution < 1.29 is 9.59 Å². The number of nitrogens with one attached hydrogen (secondary N) is 1. The minimum Gasteiger partial charge on any atom is -0.356 e. The highest BCUT2D eigenvalue weighted by Gasteiger charge is 2.18. The van der Waals surface area contributed by atoms with E-state index in [2.05, 4.69) is 48.1 Å². The zero-order valence-corrected chi connectivity index (χ0v) is 23.8. The van der Waals surface area contributed by atoms with Gasteiger partial charge in [0.2, 0.25) is 5.91 Å². The largest absolute Gasteiger partial charge is 0.356 e. The van der Waals surface area contributed by atoms with Crippen LogP contribution < -0.4 is 5.32 Å². The average molecular weight is 495 g/mol. The van der Waals surface area contributed by atoms with Crippen LogP contribution in [0.15, 0.2) is 0 Å². The van der Waals surface area contributed by atoms with Crippen LogP contribution >= 0.6 is 0 Å². The van der Waals surface area contributed by atoms with Gasteiger partial charge >= 0.3 is 0 Å². The SMILES string of the molecule is CCCC(=O)CCCCCCCCC[C@@H]1CC(=O)NCCCN(C)CCCCN(C)CCCN1C. The predicted molar refractivity (Wildman–Crippen MR) is 149 cm³/mol. The first-order valence-electron chi connectivity index (χ1n) is 14.8. The molecule has 1 heterocycles. The lowest BCUT2D eigenvalue weighted by molar-refractivity contribution is -0.122. The van der Waals surface area contributed by atoms with Gasteiger partial charge in [-0.2, -0.15) is 0 Å². The van der Waals surface area contributed by atoms with E-state index in [9.17, 15) is 9.59 Å². The van der Waals surface area contributed by atoms with Crippen LogP contribution in [0.1, 0.15) is 110 Å². The number of carbonyl (C=O) groups excluding carboxylic acids is 2. The summed E-state index contributed by atoms with van der Waals surface area (Å²) >= 11 is 0. The predicted octanol–water partition coefficient (Wildman–Crippen LogP) is 5.11. The van der Waals surface area contributed by atoms with E-state index in [-0.39, 0.29) is 5.91 Å². The van der Waals surface area contributed by atoms with E-state index >= 15 is 0 Å². The molecule has 1 N–H and O–H groups in total. The number of carbonyl (C=O) groups is 2. The fourth-order valence-corrected chi connectivity index (χ4v) is 5.09. The molecular weight excluding hydrogens is 436 g/mol. The minimum absolute atomic E-state index is 0.212. The number of ketones is 1. The molecule has 6 nitrogen and oxygen atoms in total. The van der Waals surface area contributed by atoms with Gasteiger partial charge in [-0.1, -0.05) is 45.4 Å². The third-order valence-electron chi connectivity index (χ3n) is 7.49. The van der Waals surface area contributed by atoms with Gasteiger partial charge in [0.25, 0.3) is 0 Å². The molecule has 0 radical (unpaired) electrons. The molecule has 35 heavy (non-hydrogen) atoms. The van der Waals surface area contributed by atoms with Crippen molar-refractivity contribution in [1.82, 2.24) is 20.0 Å². The van der Waals surface area contributed by atoms with E-state index in [0.717, 1.165) is 77.7 Å². The molecule has 1 aliphatic rings. The lowest BCUT2D eigenvalue weighted by Crippen LogP contribution is -2.39. The average Bonchev–Trinajstić information content (AvgIpc) is 2.82. The Balaban J connectivity index is 2.36. The molecular formula is C29H58N4O2.